The maximum absolute atomic E-state index is 14.2. The predicted molar refractivity (Wildman–Crippen MR) is 82.6 cm³/mol. The van der Waals surface area contributed by atoms with Gasteiger partial charge in [0.1, 0.15) is 0 Å². The van der Waals surface area contributed by atoms with E-state index in [1.807, 2.05) is 0 Å². The third kappa shape index (κ3) is 4.44. The fraction of sp³-hybridized carbons (Fsp3) is 0.588. The summed E-state index contributed by atoms with van der Waals surface area (Å²) in [4.78, 5) is 11.5. The molecule has 1 unspecified atom stereocenters. The number of esters is 1. The first-order valence-corrected chi connectivity index (χ1v) is 8.04. The molecule has 3 nitrogen and oxygen atoms in total. The van der Waals surface area contributed by atoms with Crippen molar-refractivity contribution in [3.05, 3.63) is 35.4 Å². The fourth-order valence-electron chi connectivity index (χ4n) is 2.52. The Morgan fingerprint density at radius 3 is 1.77 bits per heavy atom. The average molecular weight is 476 g/mol. The molecule has 0 saturated heterocycles. The molecule has 0 aliphatic carbocycles. The van der Waals surface area contributed by atoms with Crippen molar-refractivity contribution in [2.24, 2.45) is 0 Å². The summed E-state index contributed by atoms with van der Waals surface area (Å²) >= 11 is 0. The first-order chi connectivity index (χ1) is 13.7. The van der Waals surface area contributed by atoms with Crippen LogP contribution in [0, 0.1) is 0 Å². The van der Waals surface area contributed by atoms with E-state index in [2.05, 4.69) is 9.47 Å². The molecule has 0 heterocycles. The van der Waals surface area contributed by atoms with E-state index in [0.717, 1.165) is 31.4 Å². The molecule has 0 saturated carbocycles. The van der Waals surface area contributed by atoms with Crippen molar-refractivity contribution in [3.63, 3.8) is 0 Å². The van der Waals surface area contributed by atoms with E-state index in [9.17, 15) is 53.1 Å². The lowest BCUT2D eigenvalue weighted by Crippen LogP contribution is -2.67. The van der Waals surface area contributed by atoms with E-state index in [1.54, 1.807) is 0 Å². The molecule has 0 amide bonds. The standard InChI is InChI=1S/C17H15F11O3/c1-12(31-3,10-6-4-5-9(7-10)11(29)30-2)8-13(18,19)14(20,21)15(22,23)16(24,25)17(26,27)28/h4-7H,8H2,1-3H3. The number of benzene rings is 1. The Labute approximate surface area is 168 Å². The second-order valence-electron chi connectivity index (χ2n) is 6.61. The molecule has 1 aromatic carbocycles. The molecule has 178 valence electrons. The van der Waals surface area contributed by atoms with Gasteiger partial charge in [-0.15, -0.1) is 0 Å². The summed E-state index contributed by atoms with van der Waals surface area (Å²) in [7, 11) is 1.61. The molecule has 31 heavy (non-hydrogen) atoms. The highest BCUT2D eigenvalue weighted by molar-refractivity contribution is 5.89. The lowest BCUT2D eigenvalue weighted by atomic mass is 9.84. The van der Waals surface area contributed by atoms with Crippen LogP contribution >= 0.6 is 0 Å². The summed E-state index contributed by atoms with van der Waals surface area (Å²) in [6.07, 6.45) is -9.69. The molecular formula is C17H15F11O3. The van der Waals surface area contributed by atoms with Crippen LogP contribution in [0.5, 0.6) is 0 Å². The minimum atomic E-state index is -7.51. The van der Waals surface area contributed by atoms with Gasteiger partial charge in [-0.3, -0.25) is 0 Å². The Bertz CT molecular complexity index is 805. The van der Waals surface area contributed by atoms with Crippen molar-refractivity contribution in [2.75, 3.05) is 14.2 Å². The lowest BCUT2D eigenvalue weighted by Gasteiger charge is -2.40. The number of rotatable bonds is 8. The number of ether oxygens (including phenoxy) is 2. The van der Waals surface area contributed by atoms with Crippen LogP contribution in [0.1, 0.15) is 29.3 Å². The Balaban J connectivity index is 3.47. The molecule has 14 heteroatoms. The van der Waals surface area contributed by atoms with Crippen LogP contribution < -0.4 is 0 Å². The highest BCUT2D eigenvalue weighted by Gasteiger charge is 2.87. The van der Waals surface area contributed by atoms with Crippen molar-refractivity contribution in [1.82, 2.24) is 0 Å². The van der Waals surface area contributed by atoms with Gasteiger partial charge in [0.15, 0.2) is 0 Å². The van der Waals surface area contributed by atoms with Gasteiger partial charge in [0.25, 0.3) is 0 Å². The number of hydrogen-bond acceptors (Lipinski definition) is 3. The Hall–Kier alpha value is -2.12. The van der Waals surface area contributed by atoms with Gasteiger partial charge in [-0.2, -0.15) is 48.3 Å². The molecule has 1 aromatic rings. The number of carbonyl (C=O) groups excluding carboxylic acids is 1. The van der Waals surface area contributed by atoms with Crippen LogP contribution in [0.4, 0.5) is 48.3 Å². The molecule has 1 rings (SSSR count). The zero-order chi connectivity index (χ0) is 24.7. The van der Waals surface area contributed by atoms with E-state index < -0.39 is 53.4 Å². The molecule has 0 spiro atoms. The highest BCUT2D eigenvalue weighted by atomic mass is 19.4. The monoisotopic (exact) mass is 476 g/mol. The topological polar surface area (TPSA) is 35.5 Å². The zero-order valence-corrected chi connectivity index (χ0v) is 15.9. The number of methoxy groups -OCH3 is 2. The van der Waals surface area contributed by atoms with Gasteiger partial charge in [-0.05, 0) is 24.6 Å². The largest absolute Gasteiger partial charge is 0.465 e. The van der Waals surface area contributed by atoms with Gasteiger partial charge < -0.3 is 9.47 Å². The van der Waals surface area contributed by atoms with Crippen LogP contribution in [0.25, 0.3) is 0 Å². The summed E-state index contributed by atoms with van der Waals surface area (Å²) in [6, 6.07) is 3.93. The van der Waals surface area contributed by atoms with Crippen molar-refractivity contribution in [1.29, 1.82) is 0 Å². The number of alkyl halides is 11. The molecule has 0 N–H and O–H groups in total. The van der Waals surface area contributed by atoms with Crippen LogP contribution in [0.3, 0.4) is 0 Å². The molecule has 0 fully saturated rings. The van der Waals surface area contributed by atoms with Crippen molar-refractivity contribution >= 4 is 5.97 Å². The van der Waals surface area contributed by atoms with Gasteiger partial charge in [-0.25, -0.2) is 4.79 Å². The van der Waals surface area contributed by atoms with E-state index in [1.165, 1.54) is 0 Å². The van der Waals surface area contributed by atoms with E-state index in [4.69, 9.17) is 0 Å². The number of hydrogen-bond donors (Lipinski definition) is 0. The van der Waals surface area contributed by atoms with Crippen LogP contribution in [0.2, 0.25) is 0 Å². The maximum atomic E-state index is 14.2. The highest BCUT2D eigenvalue weighted by Crippen LogP contribution is 2.59. The zero-order valence-electron chi connectivity index (χ0n) is 15.9. The molecule has 0 aromatic heterocycles. The maximum Gasteiger partial charge on any atom is 0.460 e. The van der Waals surface area contributed by atoms with Gasteiger partial charge >= 0.3 is 35.8 Å². The third-order valence-electron chi connectivity index (χ3n) is 4.51. The normalized spacial score (nSPS) is 16.1. The second-order valence-corrected chi connectivity index (χ2v) is 6.61. The molecular weight excluding hydrogens is 461 g/mol. The first kappa shape index (κ1) is 26.9. The van der Waals surface area contributed by atoms with Crippen molar-refractivity contribution in [3.8, 4) is 0 Å². The second kappa shape index (κ2) is 8.10. The summed E-state index contributed by atoms with van der Waals surface area (Å²) in [5.41, 5.74) is -3.40. The minimum Gasteiger partial charge on any atom is -0.465 e. The summed E-state index contributed by atoms with van der Waals surface area (Å²) in [5.74, 6) is -29.3. The Morgan fingerprint density at radius 2 is 1.35 bits per heavy atom. The van der Waals surface area contributed by atoms with Crippen LogP contribution in [0.15, 0.2) is 24.3 Å². The van der Waals surface area contributed by atoms with Crippen molar-refractivity contribution < 1.29 is 62.6 Å². The average Bonchev–Trinajstić information content (AvgIpc) is 2.65. The van der Waals surface area contributed by atoms with E-state index in [-0.39, 0.29) is 5.56 Å². The Morgan fingerprint density at radius 1 is 0.839 bits per heavy atom. The quantitative estimate of drug-likeness (QED) is 0.350. The van der Waals surface area contributed by atoms with Crippen molar-refractivity contribution in [2.45, 2.75) is 48.8 Å². The minimum absolute atomic E-state index is 0.299. The first-order valence-electron chi connectivity index (χ1n) is 8.04. The van der Waals surface area contributed by atoms with Gasteiger partial charge in [0, 0.05) is 7.11 Å². The SMILES string of the molecule is COC(=O)c1cccc(C(C)(CC(F)(F)C(F)(F)C(F)(F)C(F)(F)C(F)(F)F)OC)c1. The fourth-order valence-corrected chi connectivity index (χ4v) is 2.52. The summed E-state index contributed by atoms with van der Waals surface area (Å²) < 4.78 is 155. The Kier molecular flexibility index (Phi) is 7.03. The number of halogens is 11. The van der Waals surface area contributed by atoms with Gasteiger partial charge in [0.2, 0.25) is 0 Å². The van der Waals surface area contributed by atoms with E-state index in [0.29, 0.717) is 14.0 Å². The summed E-state index contributed by atoms with van der Waals surface area (Å²) in [5, 5.41) is 0. The predicted octanol–water partition coefficient (Wildman–Crippen LogP) is 5.83. The molecule has 0 aliphatic rings. The number of carbonyl (C=O) groups is 1. The van der Waals surface area contributed by atoms with Crippen LogP contribution in [-0.4, -0.2) is 50.1 Å². The molecule has 1 atom stereocenters. The summed E-state index contributed by atoms with van der Waals surface area (Å²) in [6.45, 7) is 0.660. The smallest absolute Gasteiger partial charge is 0.460 e. The van der Waals surface area contributed by atoms with Gasteiger partial charge in [-0.1, -0.05) is 12.1 Å². The van der Waals surface area contributed by atoms with E-state index >= 15 is 0 Å². The van der Waals surface area contributed by atoms with Crippen LogP contribution in [-0.2, 0) is 15.1 Å². The third-order valence-corrected chi connectivity index (χ3v) is 4.51. The molecule has 0 bridgehead atoms. The molecule has 0 aliphatic heterocycles. The van der Waals surface area contributed by atoms with Gasteiger partial charge in [0.05, 0.1) is 24.7 Å². The molecule has 0 radical (unpaired) electrons. The lowest BCUT2D eigenvalue weighted by molar-refractivity contribution is -0.424.